The molecule has 21 heavy (non-hydrogen) atoms. The van der Waals surface area contributed by atoms with Crippen LogP contribution in [0, 0.1) is 0 Å². The van der Waals surface area contributed by atoms with Crippen LogP contribution in [0.1, 0.15) is 6.23 Å². The second kappa shape index (κ2) is 5.84. The lowest BCUT2D eigenvalue weighted by atomic mass is 10.2. The van der Waals surface area contributed by atoms with Crippen LogP contribution in [-0.2, 0) is 9.47 Å². The van der Waals surface area contributed by atoms with Gasteiger partial charge in [0.25, 0.3) is 5.56 Å². The number of rotatable bonds is 3. The molecule has 3 rings (SSSR count). The molecule has 2 N–H and O–H groups in total. The minimum absolute atomic E-state index is 0.164. The largest absolute Gasteiger partial charge is 0.393 e. The molecule has 1 aromatic heterocycles. The highest BCUT2D eigenvalue weighted by Gasteiger charge is 2.33. The van der Waals surface area contributed by atoms with Crippen LogP contribution < -0.4 is 11.2 Å². The predicted octanol–water partition coefficient (Wildman–Crippen LogP) is -1.36. The zero-order valence-electron chi connectivity index (χ0n) is 11.4. The van der Waals surface area contributed by atoms with Gasteiger partial charge < -0.3 is 19.5 Å². The van der Waals surface area contributed by atoms with E-state index in [1.54, 1.807) is 0 Å². The van der Waals surface area contributed by atoms with E-state index >= 15 is 0 Å². The minimum atomic E-state index is -0.649. The van der Waals surface area contributed by atoms with Gasteiger partial charge in [0.2, 0.25) is 0 Å². The number of nitrogens with zero attached hydrogens (tertiary/aromatic N) is 2. The Morgan fingerprint density at radius 3 is 2.76 bits per heavy atom. The van der Waals surface area contributed by atoms with Crippen molar-refractivity contribution in [3.05, 3.63) is 44.9 Å². The van der Waals surface area contributed by atoms with E-state index in [1.165, 1.54) is 16.8 Å². The van der Waals surface area contributed by atoms with Crippen LogP contribution in [0.25, 0.3) is 0 Å². The Balaban J connectivity index is 1.94. The molecule has 0 spiro atoms. The zero-order chi connectivity index (χ0) is 14.8. The van der Waals surface area contributed by atoms with E-state index in [2.05, 4.69) is 9.88 Å². The molecule has 1 fully saturated rings. The number of aliphatic hydroxyl groups excluding tert-OH is 1. The topological polar surface area (TPSA) is 96.8 Å². The van der Waals surface area contributed by atoms with Gasteiger partial charge in [-0.25, -0.2) is 4.79 Å². The van der Waals surface area contributed by atoms with E-state index in [0.717, 1.165) is 5.70 Å². The monoisotopic (exact) mass is 295 g/mol. The van der Waals surface area contributed by atoms with Crippen molar-refractivity contribution >= 4 is 0 Å². The number of morpholine rings is 1. The van der Waals surface area contributed by atoms with Crippen LogP contribution in [0.15, 0.2) is 33.6 Å². The summed E-state index contributed by atoms with van der Waals surface area (Å²) >= 11 is 0. The summed E-state index contributed by atoms with van der Waals surface area (Å²) in [5, 5.41) is 9.30. The van der Waals surface area contributed by atoms with Crippen molar-refractivity contribution in [3.8, 4) is 0 Å². The van der Waals surface area contributed by atoms with Gasteiger partial charge in [0.15, 0.2) is 6.23 Å². The minimum Gasteiger partial charge on any atom is -0.393 e. The van der Waals surface area contributed by atoms with Gasteiger partial charge in [-0.15, -0.1) is 0 Å². The fraction of sp³-hybridized carbons (Fsp3) is 0.538. The molecule has 3 heterocycles. The van der Waals surface area contributed by atoms with Crippen molar-refractivity contribution in [2.24, 2.45) is 0 Å². The van der Waals surface area contributed by atoms with E-state index in [1.807, 2.05) is 6.08 Å². The highest BCUT2D eigenvalue weighted by Crippen LogP contribution is 2.30. The molecule has 8 nitrogen and oxygen atoms in total. The summed E-state index contributed by atoms with van der Waals surface area (Å²) in [6.07, 6.45) is 2.10. The molecule has 114 valence electrons. The summed E-state index contributed by atoms with van der Waals surface area (Å²) in [6, 6.07) is 1.27. The number of hydrogen-bond donors (Lipinski definition) is 2. The third-order valence-electron chi connectivity index (χ3n) is 3.57. The quantitative estimate of drug-likeness (QED) is 0.715. The van der Waals surface area contributed by atoms with Crippen LogP contribution in [0.3, 0.4) is 0 Å². The molecule has 1 aromatic rings. The number of aliphatic hydroxyl groups is 1. The summed E-state index contributed by atoms with van der Waals surface area (Å²) in [5.41, 5.74) is -0.179. The summed E-state index contributed by atoms with van der Waals surface area (Å²) < 4.78 is 12.3. The molecular formula is C13H17N3O5. The Hall–Kier alpha value is -1.90. The van der Waals surface area contributed by atoms with Crippen molar-refractivity contribution in [3.63, 3.8) is 0 Å². The SMILES string of the molecule is O=c1ccn([C@@H]2O[C@H](CO)C=C2N2CCOCC2)c(=O)[nH]1. The lowest BCUT2D eigenvalue weighted by Gasteiger charge is -2.32. The van der Waals surface area contributed by atoms with Crippen molar-refractivity contribution in [2.45, 2.75) is 12.3 Å². The van der Waals surface area contributed by atoms with Gasteiger partial charge >= 0.3 is 5.69 Å². The molecule has 2 aliphatic heterocycles. The van der Waals surface area contributed by atoms with Crippen LogP contribution in [0.4, 0.5) is 0 Å². The Morgan fingerprint density at radius 1 is 1.33 bits per heavy atom. The zero-order valence-corrected chi connectivity index (χ0v) is 11.4. The first-order chi connectivity index (χ1) is 10.2. The molecule has 0 unspecified atom stereocenters. The highest BCUT2D eigenvalue weighted by molar-refractivity contribution is 5.15. The molecular weight excluding hydrogens is 278 g/mol. The van der Waals surface area contributed by atoms with Crippen molar-refractivity contribution in [1.82, 2.24) is 14.5 Å². The van der Waals surface area contributed by atoms with Crippen molar-refractivity contribution in [2.75, 3.05) is 32.9 Å². The average molecular weight is 295 g/mol. The molecule has 0 radical (unpaired) electrons. The number of nitrogens with one attached hydrogen (secondary N) is 1. The number of ether oxygens (including phenoxy) is 2. The smallest absolute Gasteiger partial charge is 0.330 e. The maximum absolute atomic E-state index is 11.9. The number of aromatic nitrogens is 2. The van der Waals surface area contributed by atoms with Gasteiger partial charge in [-0.3, -0.25) is 14.3 Å². The fourth-order valence-electron chi connectivity index (χ4n) is 2.55. The Labute approximate surface area is 120 Å². The molecule has 0 saturated carbocycles. The van der Waals surface area contributed by atoms with Crippen LogP contribution >= 0.6 is 0 Å². The van der Waals surface area contributed by atoms with E-state index in [9.17, 15) is 14.7 Å². The molecule has 0 bridgehead atoms. The van der Waals surface area contributed by atoms with Gasteiger partial charge in [-0.1, -0.05) is 0 Å². The summed E-state index contributed by atoms with van der Waals surface area (Å²) in [6.45, 7) is 2.44. The van der Waals surface area contributed by atoms with Crippen LogP contribution in [0.2, 0.25) is 0 Å². The first-order valence-electron chi connectivity index (χ1n) is 6.81. The van der Waals surface area contributed by atoms with E-state index in [4.69, 9.17) is 9.47 Å². The first-order valence-corrected chi connectivity index (χ1v) is 6.81. The molecule has 2 aliphatic rings. The molecule has 8 heteroatoms. The normalized spacial score (nSPS) is 26.0. The molecule has 1 saturated heterocycles. The summed E-state index contributed by atoms with van der Waals surface area (Å²) in [5.74, 6) is 0. The van der Waals surface area contributed by atoms with Gasteiger partial charge in [0, 0.05) is 25.4 Å². The Bertz CT molecular complexity index is 644. The second-order valence-electron chi connectivity index (χ2n) is 4.92. The first kappa shape index (κ1) is 14.1. The van der Waals surface area contributed by atoms with Crippen molar-refractivity contribution < 1.29 is 14.6 Å². The van der Waals surface area contributed by atoms with Gasteiger partial charge in [-0.2, -0.15) is 0 Å². The number of H-pyrrole nitrogens is 1. The van der Waals surface area contributed by atoms with Gasteiger partial charge in [-0.05, 0) is 6.08 Å². The molecule has 2 atom stereocenters. The van der Waals surface area contributed by atoms with Crippen LogP contribution in [-0.4, -0.2) is 58.6 Å². The highest BCUT2D eigenvalue weighted by atomic mass is 16.5. The maximum Gasteiger partial charge on any atom is 0.330 e. The van der Waals surface area contributed by atoms with E-state index in [0.29, 0.717) is 26.3 Å². The lowest BCUT2D eigenvalue weighted by molar-refractivity contribution is -0.0316. The Kier molecular flexibility index (Phi) is 3.91. The predicted molar refractivity (Wildman–Crippen MR) is 72.8 cm³/mol. The standard InChI is InChI=1S/C13H17N3O5/c17-8-9-7-10(15-3-5-20-6-4-15)12(21-9)16-2-1-11(18)14-13(16)19/h1-2,7,9,12,17H,3-6,8H2,(H,14,18,19)/t9-,12+/m0/s1. The summed E-state index contributed by atoms with van der Waals surface area (Å²) in [7, 11) is 0. The van der Waals surface area contributed by atoms with Crippen LogP contribution in [0.5, 0.6) is 0 Å². The van der Waals surface area contributed by atoms with Gasteiger partial charge in [0.1, 0.15) is 6.10 Å². The summed E-state index contributed by atoms with van der Waals surface area (Å²) in [4.78, 5) is 27.4. The second-order valence-corrected chi connectivity index (χ2v) is 4.92. The number of aromatic amines is 1. The maximum atomic E-state index is 11.9. The van der Waals surface area contributed by atoms with E-state index in [-0.39, 0.29) is 6.61 Å². The molecule has 0 aromatic carbocycles. The third-order valence-corrected chi connectivity index (χ3v) is 3.57. The Morgan fingerprint density at radius 2 is 2.10 bits per heavy atom. The average Bonchev–Trinajstić information content (AvgIpc) is 2.92. The van der Waals surface area contributed by atoms with E-state index < -0.39 is 23.6 Å². The fourth-order valence-corrected chi connectivity index (χ4v) is 2.55. The molecule has 0 aliphatic carbocycles. The lowest BCUT2D eigenvalue weighted by Crippen LogP contribution is -2.40. The number of hydrogen-bond acceptors (Lipinski definition) is 6. The van der Waals surface area contributed by atoms with Gasteiger partial charge in [0.05, 0.1) is 25.5 Å². The van der Waals surface area contributed by atoms with Crippen molar-refractivity contribution in [1.29, 1.82) is 0 Å². The third kappa shape index (κ3) is 2.78. The molecule has 0 amide bonds.